The molecule has 0 saturated carbocycles. The summed E-state index contributed by atoms with van der Waals surface area (Å²) >= 11 is 12.9. The minimum absolute atomic E-state index is 0.663. The van der Waals surface area contributed by atoms with Crippen molar-refractivity contribution >= 4 is 49.1 Å². The summed E-state index contributed by atoms with van der Waals surface area (Å²) in [6, 6.07) is 9.70. The zero-order valence-corrected chi connectivity index (χ0v) is 12.7. The van der Waals surface area contributed by atoms with Crippen LogP contribution in [0.25, 0.3) is 0 Å². The van der Waals surface area contributed by atoms with E-state index in [0.29, 0.717) is 6.54 Å². The molecule has 1 heterocycles. The minimum Gasteiger partial charge on any atom is -0.379 e. The van der Waals surface area contributed by atoms with Crippen LogP contribution in [0.1, 0.15) is 5.56 Å². The molecule has 2 nitrogen and oxygen atoms in total. The van der Waals surface area contributed by atoms with Gasteiger partial charge < -0.3 is 5.32 Å². The average Bonchev–Trinajstić information content (AvgIpc) is 2.30. The summed E-state index contributed by atoms with van der Waals surface area (Å²) in [5.74, 6) is 0. The Morgan fingerprint density at radius 3 is 2.76 bits per heavy atom. The van der Waals surface area contributed by atoms with Crippen molar-refractivity contribution < 1.29 is 0 Å². The number of nitrogens with zero attached hydrogens (tertiary/aromatic N) is 1. The molecular weight excluding hydrogens is 367 g/mol. The van der Waals surface area contributed by atoms with Gasteiger partial charge in [0.05, 0.1) is 5.69 Å². The Balaban J connectivity index is 2.10. The van der Waals surface area contributed by atoms with E-state index in [-0.39, 0.29) is 0 Å². The van der Waals surface area contributed by atoms with Gasteiger partial charge >= 0.3 is 0 Å². The third-order valence-electron chi connectivity index (χ3n) is 2.24. The van der Waals surface area contributed by atoms with Crippen molar-refractivity contribution in [1.29, 1.82) is 0 Å². The van der Waals surface area contributed by atoms with Crippen molar-refractivity contribution in [3.63, 3.8) is 0 Å². The zero-order chi connectivity index (χ0) is 12.3. The number of rotatable bonds is 3. The van der Waals surface area contributed by atoms with Gasteiger partial charge in [-0.25, -0.2) is 4.98 Å². The molecule has 0 unspecified atom stereocenters. The molecule has 0 atom stereocenters. The molecule has 0 aliphatic rings. The molecule has 0 aliphatic carbocycles. The Hall–Kier alpha value is -0.580. The molecular formula is C12H9Br2ClN2. The molecule has 0 fully saturated rings. The van der Waals surface area contributed by atoms with Gasteiger partial charge in [0.2, 0.25) is 0 Å². The lowest BCUT2D eigenvalue weighted by Crippen LogP contribution is -2.01. The van der Waals surface area contributed by atoms with Gasteiger partial charge in [-0.15, -0.1) is 0 Å². The van der Waals surface area contributed by atoms with Crippen LogP contribution >= 0.6 is 43.5 Å². The third-order valence-corrected chi connectivity index (χ3v) is 3.72. The molecule has 0 amide bonds. The fourth-order valence-corrected chi connectivity index (χ4v) is 2.50. The summed E-state index contributed by atoms with van der Waals surface area (Å²) in [5, 5.41) is 4.02. The monoisotopic (exact) mass is 374 g/mol. The van der Waals surface area contributed by atoms with Gasteiger partial charge in [-0.2, -0.15) is 0 Å². The van der Waals surface area contributed by atoms with Crippen LogP contribution in [-0.2, 0) is 6.54 Å². The van der Waals surface area contributed by atoms with Crippen molar-refractivity contribution in [1.82, 2.24) is 4.98 Å². The molecule has 1 aromatic carbocycles. The summed E-state index contributed by atoms with van der Waals surface area (Å²) in [6.45, 7) is 0.663. The van der Waals surface area contributed by atoms with Crippen LogP contribution in [0.4, 0.5) is 5.69 Å². The predicted octanol–water partition coefficient (Wildman–Crippen LogP) is 4.87. The lowest BCUT2D eigenvalue weighted by Gasteiger charge is -2.09. The van der Waals surface area contributed by atoms with Crippen LogP contribution in [0.3, 0.4) is 0 Å². The van der Waals surface area contributed by atoms with Crippen LogP contribution < -0.4 is 5.32 Å². The Morgan fingerprint density at radius 1 is 1.24 bits per heavy atom. The highest BCUT2D eigenvalue weighted by Crippen LogP contribution is 2.24. The third kappa shape index (κ3) is 3.44. The lowest BCUT2D eigenvalue weighted by atomic mass is 10.2. The van der Waals surface area contributed by atoms with Crippen molar-refractivity contribution in [2.24, 2.45) is 0 Å². The van der Waals surface area contributed by atoms with Crippen LogP contribution in [0, 0.1) is 0 Å². The Labute approximate surface area is 122 Å². The van der Waals surface area contributed by atoms with Crippen LogP contribution in [-0.4, -0.2) is 4.98 Å². The van der Waals surface area contributed by atoms with E-state index in [4.69, 9.17) is 11.6 Å². The first kappa shape index (κ1) is 12.9. The van der Waals surface area contributed by atoms with E-state index in [2.05, 4.69) is 42.2 Å². The number of anilines is 1. The van der Waals surface area contributed by atoms with Gasteiger partial charge in [0, 0.05) is 22.2 Å². The van der Waals surface area contributed by atoms with Crippen LogP contribution in [0.15, 0.2) is 45.6 Å². The molecule has 1 aromatic heterocycles. The second-order valence-corrected chi connectivity index (χ2v) is 5.51. The molecule has 0 aliphatic heterocycles. The fourth-order valence-electron chi connectivity index (χ4n) is 1.37. The van der Waals surface area contributed by atoms with Gasteiger partial charge in [-0.3, -0.25) is 0 Å². The summed E-state index contributed by atoms with van der Waals surface area (Å²) in [6.07, 6.45) is 1.74. The molecule has 2 rings (SSSR count). The van der Waals surface area contributed by atoms with Gasteiger partial charge in [0.15, 0.2) is 0 Å². The molecule has 1 N–H and O–H groups in total. The molecule has 2 aromatic rings. The molecule has 0 saturated heterocycles. The van der Waals surface area contributed by atoms with E-state index in [0.717, 1.165) is 25.3 Å². The largest absolute Gasteiger partial charge is 0.379 e. The summed E-state index contributed by atoms with van der Waals surface area (Å²) in [7, 11) is 0. The van der Waals surface area contributed by atoms with Crippen molar-refractivity contribution in [3.8, 4) is 0 Å². The maximum Gasteiger partial charge on any atom is 0.129 e. The number of aromatic nitrogens is 1. The maximum atomic E-state index is 6.14. The summed E-state index contributed by atoms with van der Waals surface area (Å²) < 4.78 is 1.78. The standard InChI is InChI=1S/C12H9Br2ClN2/c13-9-4-3-8(10(15)6-9)7-17-11-2-1-5-16-12(11)14/h1-6,17H,7H2. The van der Waals surface area contributed by atoms with Gasteiger partial charge in [0.1, 0.15) is 4.60 Å². The summed E-state index contributed by atoms with van der Waals surface area (Å²) in [5.41, 5.74) is 2.00. The quantitative estimate of drug-likeness (QED) is 0.773. The average molecular weight is 376 g/mol. The highest BCUT2D eigenvalue weighted by molar-refractivity contribution is 9.10. The predicted molar refractivity (Wildman–Crippen MR) is 78.4 cm³/mol. The Morgan fingerprint density at radius 2 is 2.06 bits per heavy atom. The fraction of sp³-hybridized carbons (Fsp3) is 0.0833. The van der Waals surface area contributed by atoms with E-state index in [1.807, 2.05) is 30.3 Å². The molecule has 0 spiro atoms. The highest BCUT2D eigenvalue weighted by atomic mass is 79.9. The lowest BCUT2D eigenvalue weighted by molar-refractivity contribution is 1.13. The zero-order valence-electron chi connectivity index (χ0n) is 8.75. The van der Waals surface area contributed by atoms with E-state index >= 15 is 0 Å². The minimum atomic E-state index is 0.663. The van der Waals surface area contributed by atoms with Gasteiger partial charge in [-0.1, -0.05) is 33.6 Å². The second-order valence-electron chi connectivity index (χ2n) is 3.43. The number of hydrogen-bond acceptors (Lipinski definition) is 2. The molecule has 88 valence electrons. The number of hydrogen-bond donors (Lipinski definition) is 1. The number of nitrogens with one attached hydrogen (secondary N) is 1. The molecule has 17 heavy (non-hydrogen) atoms. The first-order valence-corrected chi connectivity index (χ1v) is 6.91. The van der Waals surface area contributed by atoms with E-state index in [1.54, 1.807) is 6.20 Å². The Bertz CT molecular complexity index is 532. The number of benzene rings is 1. The van der Waals surface area contributed by atoms with Gasteiger partial charge in [0.25, 0.3) is 0 Å². The normalized spacial score (nSPS) is 10.3. The van der Waals surface area contributed by atoms with Crippen molar-refractivity contribution in [2.75, 3.05) is 5.32 Å². The van der Waals surface area contributed by atoms with E-state index in [9.17, 15) is 0 Å². The number of pyridine rings is 1. The van der Waals surface area contributed by atoms with Crippen molar-refractivity contribution in [2.45, 2.75) is 6.54 Å². The SMILES string of the molecule is Clc1cc(Br)ccc1CNc1cccnc1Br. The molecule has 5 heteroatoms. The second kappa shape index (κ2) is 5.85. The first-order valence-electron chi connectivity index (χ1n) is 4.95. The summed E-state index contributed by atoms with van der Waals surface area (Å²) in [4.78, 5) is 4.14. The maximum absolute atomic E-state index is 6.14. The van der Waals surface area contributed by atoms with Crippen molar-refractivity contribution in [3.05, 3.63) is 56.2 Å². The van der Waals surface area contributed by atoms with E-state index < -0.39 is 0 Å². The number of halogens is 3. The molecule has 0 radical (unpaired) electrons. The first-order chi connectivity index (χ1) is 8.16. The van der Waals surface area contributed by atoms with Crippen LogP contribution in [0.5, 0.6) is 0 Å². The highest BCUT2D eigenvalue weighted by Gasteiger charge is 2.03. The topological polar surface area (TPSA) is 24.9 Å². The molecule has 0 bridgehead atoms. The smallest absolute Gasteiger partial charge is 0.129 e. The van der Waals surface area contributed by atoms with E-state index in [1.165, 1.54) is 0 Å². The van der Waals surface area contributed by atoms with Gasteiger partial charge in [-0.05, 0) is 45.8 Å². The Kier molecular flexibility index (Phi) is 4.42. The van der Waals surface area contributed by atoms with Crippen LogP contribution in [0.2, 0.25) is 5.02 Å².